The summed E-state index contributed by atoms with van der Waals surface area (Å²) in [4.78, 5) is 0. The van der Waals surface area contributed by atoms with Crippen molar-refractivity contribution in [3.8, 4) is 5.75 Å². The Morgan fingerprint density at radius 2 is 1.76 bits per heavy atom. The molecule has 1 rings (SSSR count). The van der Waals surface area contributed by atoms with E-state index in [1.54, 1.807) is 6.92 Å². The topological polar surface area (TPSA) is 55.4 Å². The fourth-order valence-electron chi connectivity index (χ4n) is 1.98. The van der Waals surface area contributed by atoms with Crippen LogP contribution in [0.5, 0.6) is 5.75 Å². The molecule has 1 aromatic rings. The van der Waals surface area contributed by atoms with Crippen molar-refractivity contribution in [1.29, 1.82) is 0 Å². The Morgan fingerprint density at radius 3 is 2.29 bits per heavy atom. The Morgan fingerprint density at radius 1 is 1.10 bits per heavy atom. The average molecular weight is 313 g/mol. The zero-order chi connectivity index (χ0) is 15.7. The largest absolute Gasteiger partial charge is 0.494 e. The van der Waals surface area contributed by atoms with E-state index in [9.17, 15) is 8.42 Å². The molecule has 120 valence electrons. The molecule has 0 aliphatic heterocycles. The van der Waals surface area contributed by atoms with Gasteiger partial charge in [-0.1, -0.05) is 32.9 Å². The summed E-state index contributed by atoms with van der Waals surface area (Å²) < 4.78 is 29.3. The van der Waals surface area contributed by atoms with Crippen molar-refractivity contribution in [1.82, 2.24) is 5.32 Å². The van der Waals surface area contributed by atoms with E-state index in [4.69, 9.17) is 4.74 Å². The number of hydrogen-bond donors (Lipinski definition) is 1. The smallest absolute Gasteiger partial charge is 0.151 e. The van der Waals surface area contributed by atoms with Crippen molar-refractivity contribution in [2.24, 2.45) is 0 Å². The van der Waals surface area contributed by atoms with Gasteiger partial charge < -0.3 is 10.1 Å². The number of nitrogens with one attached hydrogen (secondary N) is 1. The normalized spacial score (nSPS) is 13.1. The van der Waals surface area contributed by atoms with Crippen molar-refractivity contribution in [3.63, 3.8) is 0 Å². The third-order valence-electron chi connectivity index (χ3n) is 3.26. The van der Waals surface area contributed by atoms with Crippen LogP contribution < -0.4 is 10.1 Å². The van der Waals surface area contributed by atoms with Gasteiger partial charge in [0.05, 0.1) is 12.4 Å². The SMILES string of the molecule is CCCNC(CS(=O)(=O)CC)c1ccc(OCCC)cc1. The van der Waals surface area contributed by atoms with Gasteiger partial charge in [-0.3, -0.25) is 0 Å². The van der Waals surface area contributed by atoms with E-state index in [1.165, 1.54) is 0 Å². The first-order valence-corrected chi connectivity index (χ1v) is 9.51. The lowest BCUT2D eigenvalue weighted by Crippen LogP contribution is -2.29. The predicted molar refractivity (Wildman–Crippen MR) is 87.6 cm³/mol. The van der Waals surface area contributed by atoms with Crippen LogP contribution >= 0.6 is 0 Å². The predicted octanol–water partition coefficient (Wildman–Crippen LogP) is 2.95. The zero-order valence-electron chi connectivity index (χ0n) is 13.3. The van der Waals surface area contributed by atoms with Gasteiger partial charge in [-0.25, -0.2) is 8.42 Å². The van der Waals surface area contributed by atoms with Crippen LogP contribution in [0.15, 0.2) is 24.3 Å². The van der Waals surface area contributed by atoms with Gasteiger partial charge in [-0.15, -0.1) is 0 Å². The number of benzene rings is 1. The molecule has 1 atom stereocenters. The van der Waals surface area contributed by atoms with Crippen molar-refractivity contribution < 1.29 is 13.2 Å². The molecule has 21 heavy (non-hydrogen) atoms. The Hall–Kier alpha value is -1.07. The second-order valence-corrected chi connectivity index (χ2v) is 7.52. The maximum atomic E-state index is 11.9. The second-order valence-electron chi connectivity index (χ2n) is 5.12. The Kier molecular flexibility index (Phi) is 7.75. The van der Waals surface area contributed by atoms with E-state index in [0.29, 0.717) is 6.61 Å². The highest BCUT2D eigenvalue weighted by Crippen LogP contribution is 2.20. The summed E-state index contributed by atoms with van der Waals surface area (Å²) in [7, 11) is -3.02. The molecule has 0 aromatic heterocycles. The highest BCUT2D eigenvalue weighted by Gasteiger charge is 2.18. The molecule has 0 amide bonds. The Labute approximate surface area is 128 Å². The molecule has 1 unspecified atom stereocenters. The maximum absolute atomic E-state index is 11.9. The van der Waals surface area contributed by atoms with Crippen LogP contribution in [0.2, 0.25) is 0 Å². The highest BCUT2D eigenvalue weighted by molar-refractivity contribution is 7.91. The lowest BCUT2D eigenvalue weighted by molar-refractivity contribution is 0.317. The first-order chi connectivity index (χ1) is 10.0. The molecule has 0 spiro atoms. The summed E-state index contributed by atoms with van der Waals surface area (Å²) in [6, 6.07) is 7.55. The molecule has 0 aliphatic carbocycles. The van der Waals surface area contributed by atoms with Crippen LogP contribution in [-0.4, -0.2) is 33.1 Å². The quantitative estimate of drug-likeness (QED) is 0.721. The van der Waals surface area contributed by atoms with Crippen molar-refractivity contribution in [3.05, 3.63) is 29.8 Å². The molecular weight excluding hydrogens is 286 g/mol. The lowest BCUT2D eigenvalue weighted by atomic mass is 10.1. The van der Waals surface area contributed by atoms with Gasteiger partial charge in [0.15, 0.2) is 9.84 Å². The number of rotatable bonds is 10. The minimum Gasteiger partial charge on any atom is -0.494 e. The zero-order valence-corrected chi connectivity index (χ0v) is 14.1. The van der Waals surface area contributed by atoms with Crippen LogP contribution in [0.25, 0.3) is 0 Å². The van der Waals surface area contributed by atoms with Gasteiger partial charge in [0.2, 0.25) is 0 Å². The standard InChI is InChI=1S/C16H27NO3S/c1-4-11-17-16(13-21(18,19)6-3)14-7-9-15(10-8-14)20-12-5-2/h7-10,16-17H,4-6,11-13H2,1-3H3. The van der Waals surface area contributed by atoms with E-state index < -0.39 is 9.84 Å². The van der Waals surface area contributed by atoms with E-state index in [0.717, 1.165) is 30.7 Å². The minimum absolute atomic E-state index is 0.138. The maximum Gasteiger partial charge on any atom is 0.151 e. The first-order valence-electron chi connectivity index (χ1n) is 7.69. The second kappa shape index (κ2) is 9.05. The summed E-state index contributed by atoms with van der Waals surface area (Å²) in [6.45, 7) is 7.32. The monoisotopic (exact) mass is 313 g/mol. The molecule has 4 nitrogen and oxygen atoms in total. The molecule has 0 saturated heterocycles. The molecule has 5 heteroatoms. The molecule has 0 heterocycles. The fourth-order valence-corrected chi connectivity index (χ4v) is 3.03. The molecule has 1 aromatic carbocycles. The van der Waals surface area contributed by atoms with Gasteiger partial charge in [-0.05, 0) is 37.1 Å². The fraction of sp³-hybridized carbons (Fsp3) is 0.625. The van der Waals surface area contributed by atoms with Crippen LogP contribution in [0.3, 0.4) is 0 Å². The highest BCUT2D eigenvalue weighted by atomic mass is 32.2. The number of sulfone groups is 1. The van der Waals surface area contributed by atoms with E-state index >= 15 is 0 Å². The van der Waals surface area contributed by atoms with E-state index in [-0.39, 0.29) is 17.5 Å². The molecule has 0 radical (unpaired) electrons. The van der Waals surface area contributed by atoms with Crippen LogP contribution in [-0.2, 0) is 9.84 Å². The van der Waals surface area contributed by atoms with E-state index in [2.05, 4.69) is 19.2 Å². The van der Waals surface area contributed by atoms with Gasteiger partial charge in [0, 0.05) is 11.8 Å². The number of ether oxygens (including phenoxy) is 1. The van der Waals surface area contributed by atoms with E-state index in [1.807, 2.05) is 24.3 Å². The van der Waals surface area contributed by atoms with Crippen LogP contribution in [0, 0.1) is 0 Å². The summed E-state index contributed by atoms with van der Waals surface area (Å²) in [6.07, 6.45) is 1.94. The minimum atomic E-state index is -3.02. The summed E-state index contributed by atoms with van der Waals surface area (Å²) in [5, 5.41) is 3.32. The molecule has 0 saturated carbocycles. The molecule has 0 bridgehead atoms. The summed E-state index contributed by atoms with van der Waals surface area (Å²) in [5.41, 5.74) is 0.990. The van der Waals surface area contributed by atoms with Crippen LogP contribution in [0.4, 0.5) is 0 Å². The van der Waals surface area contributed by atoms with Gasteiger partial charge in [0.25, 0.3) is 0 Å². The Balaban J connectivity index is 2.82. The van der Waals surface area contributed by atoms with Gasteiger partial charge >= 0.3 is 0 Å². The summed E-state index contributed by atoms with van der Waals surface area (Å²) in [5.74, 6) is 1.14. The third kappa shape index (κ3) is 6.48. The van der Waals surface area contributed by atoms with Crippen molar-refractivity contribution >= 4 is 9.84 Å². The molecule has 0 fully saturated rings. The van der Waals surface area contributed by atoms with Crippen molar-refractivity contribution in [2.75, 3.05) is 24.7 Å². The average Bonchev–Trinajstić information content (AvgIpc) is 2.50. The van der Waals surface area contributed by atoms with Crippen molar-refractivity contribution in [2.45, 2.75) is 39.7 Å². The molecule has 1 N–H and O–H groups in total. The van der Waals surface area contributed by atoms with Crippen LogP contribution in [0.1, 0.15) is 45.2 Å². The third-order valence-corrected chi connectivity index (χ3v) is 4.98. The van der Waals surface area contributed by atoms with Gasteiger partial charge in [0.1, 0.15) is 5.75 Å². The first kappa shape index (κ1) is 18.0. The lowest BCUT2D eigenvalue weighted by Gasteiger charge is -2.19. The molecular formula is C16H27NO3S. The number of hydrogen-bond acceptors (Lipinski definition) is 4. The van der Waals surface area contributed by atoms with Gasteiger partial charge in [-0.2, -0.15) is 0 Å². The Bertz CT molecular complexity index is 497. The molecule has 0 aliphatic rings. The summed E-state index contributed by atoms with van der Waals surface area (Å²) >= 11 is 0.